The third-order valence-corrected chi connectivity index (χ3v) is 3.60. The summed E-state index contributed by atoms with van der Waals surface area (Å²) >= 11 is 0. The molecule has 20 heavy (non-hydrogen) atoms. The maximum Gasteiger partial charge on any atom is 0.326 e. The van der Waals surface area contributed by atoms with E-state index in [-0.39, 0.29) is 12.8 Å². The van der Waals surface area contributed by atoms with Crippen LogP contribution in [0, 0.1) is 5.92 Å². The monoisotopic (exact) mass is 285 g/mol. The molecule has 1 saturated carbocycles. The summed E-state index contributed by atoms with van der Waals surface area (Å²) in [4.78, 5) is 33.1. The van der Waals surface area contributed by atoms with E-state index < -0.39 is 23.9 Å². The van der Waals surface area contributed by atoms with Crippen LogP contribution in [-0.4, -0.2) is 35.6 Å². The van der Waals surface area contributed by atoms with Crippen molar-refractivity contribution in [2.24, 2.45) is 11.7 Å². The molecule has 5 N–H and O–H groups in total. The molecule has 0 saturated heterocycles. The molecule has 0 aromatic rings. The van der Waals surface area contributed by atoms with Crippen LogP contribution >= 0.6 is 0 Å². The predicted octanol–water partition coefficient (Wildman–Crippen LogP) is 0.585. The van der Waals surface area contributed by atoms with Crippen LogP contribution in [-0.2, 0) is 9.59 Å². The van der Waals surface area contributed by atoms with Gasteiger partial charge >= 0.3 is 12.0 Å². The maximum absolute atomic E-state index is 11.6. The molecule has 1 atom stereocenters. The van der Waals surface area contributed by atoms with Crippen LogP contribution in [0.25, 0.3) is 0 Å². The van der Waals surface area contributed by atoms with Gasteiger partial charge in [0.1, 0.15) is 6.04 Å². The highest BCUT2D eigenvalue weighted by atomic mass is 16.4. The van der Waals surface area contributed by atoms with E-state index in [1.165, 1.54) is 25.7 Å². The van der Waals surface area contributed by atoms with Crippen molar-refractivity contribution in [2.75, 3.05) is 6.54 Å². The van der Waals surface area contributed by atoms with Crippen molar-refractivity contribution in [2.45, 2.75) is 51.0 Å². The van der Waals surface area contributed by atoms with Gasteiger partial charge in [-0.3, -0.25) is 4.79 Å². The minimum Gasteiger partial charge on any atom is -0.480 e. The number of hydrogen-bond donors (Lipinski definition) is 4. The molecule has 0 aromatic carbocycles. The number of rotatable bonds is 8. The van der Waals surface area contributed by atoms with Crippen LogP contribution in [0.5, 0.6) is 0 Å². The Labute approximate surface area is 118 Å². The van der Waals surface area contributed by atoms with Gasteiger partial charge in [0.15, 0.2) is 0 Å². The molecule has 0 heterocycles. The smallest absolute Gasteiger partial charge is 0.326 e. The second-order valence-corrected chi connectivity index (χ2v) is 5.24. The molecular formula is C13H23N3O4. The second-order valence-electron chi connectivity index (χ2n) is 5.24. The molecule has 0 spiro atoms. The van der Waals surface area contributed by atoms with Gasteiger partial charge in [-0.25, -0.2) is 9.59 Å². The first-order valence-corrected chi connectivity index (χ1v) is 7.04. The lowest BCUT2D eigenvalue weighted by Gasteiger charge is -2.15. The quantitative estimate of drug-likeness (QED) is 0.521. The van der Waals surface area contributed by atoms with Gasteiger partial charge in [-0.2, -0.15) is 0 Å². The summed E-state index contributed by atoms with van der Waals surface area (Å²) in [6.07, 6.45) is 5.78. The Hall–Kier alpha value is -1.79. The molecule has 1 rings (SSSR count). The zero-order chi connectivity index (χ0) is 15.0. The van der Waals surface area contributed by atoms with E-state index >= 15 is 0 Å². The van der Waals surface area contributed by atoms with Crippen LogP contribution in [0.2, 0.25) is 0 Å². The molecule has 0 bridgehead atoms. The third kappa shape index (κ3) is 6.40. The van der Waals surface area contributed by atoms with E-state index in [2.05, 4.69) is 10.6 Å². The summed E-state index contributed by atoms with van der Waals surface area (Å²) in [7, 11) is 0. The number of urea groups is 1. The molecule has 114 valence electrons. The third-order valence-electron chi connectivity index (χ3n) is 3.60. The number of carbonyl (C=O) groups excluding carboxylic acids is 2. The molecule has 0 aromatic heterocycles. The molecule has 1 aliphatic rings. The highest BCUT2D eigenvalue weighted by Crippen LogP contribution is 2.26. The van der Waals surface area contributed by atoms with Crippen LogP contribution < -0.4 is 16.4 Å². The summed E-state index contributed by atoms with van der Waals surface area (Å²) in [5.74, 6) is -1.09. The molecule has 0 aliphatic heterocycles. The second kappa shape index (κ2) is 8.39. The molecule has 1 aliphatic carbocycles. The first kappa shape index (κ1) is 16.3. The summed E-state index contributed by atoms with van der Waals surface area (Å²) in [6, 6.07) is -1.60. The Morgan fingerprint density at radius 3 is 2.45 bits per heavy atom. The first-order valence-electron chi connectivity index (χ1n) is 7.04. The largest absolute Gasteiger partial charge is 0.480 e. The number of nitrogens with one attached hydrogen (secondary N) is 2. The van der Waals surface area contributed by atoms with Gasteiger partial charge in [-0.1, -0.05) is 25.7 Å². The van der Waals surface area contributed by atoms with Crippen molar-refractivity contribution in [1.29, 1.82) is 0 Å². The minimum atomic E-state index is -1.17. The van der Waals surface area contributed by atoms with Gasteiger partial charge < -0.3 is 21.5 Å². The summed E-state index contributed by atoms with van der Waals surface area (Å²) in [5.41, 5.74) is 4.96. The standard InChI is InChI=1S/C13H23N3O4/c14-11(17)6-5-10(12(18)19)16-13(20)15-8-7-9-3-1-2-4-9/h9-10H,1-8H2,(H2,14,17)(H,18,19)(H2,15,16,20)/t10-/m0/s1. The molecule has 7 heteroatoms. The van der Waals surface area contributed by atoms with Gasteiger partial charge in [0.2, 0.25) is 5.91 Å². The Balaban J connectivity index is 2.22. The van der Waals surface area contributed by atoms with Crippen LogP contribution in [0.15, 0.2) is 0 Å². The van der Waals surface area contributed by atoms with Crippen LogP contribution in [0.1, 0.15) is 44.9 Å². The van der Waals surface area contributed by atoms with Crippen molar-refractivity contribution < 1.29 is 19.5 Å². The van der Waals surface area contributed by atoms with Gasteiger partial charge in [0, 0.05) is 13.0 Å². The van der Waals surface area contributed by atoms with Crippen LogP contribution in [0.3, 0.4) is 0 Å². The zero-order valence-corrected chi connectivity index (χ0v) is 11.6. The lowest BCUT2D eigenvalue weighted by Crippen LogP contribution is -2.46. The Morgan fingerprint density at radius 1 is 1.25 bits per heavy atom. The highest BCUT2D eigenvalue weighted by Gasteiger charge is 2.20. The van der Waals surface area contributed by atoms with E-state index in [4.69, 9.17) is 10.8 Å². The lowest BCUT2D eigenvalue weighted by atomic mass is 10.0. The van der Waals surface area contributed by atoms with E-state index in [0.29, 0.717) is 12.5 Å². The SMILES string of the molecule is NC(=O)CC[C@H](NC(=O)NCCC1CCCC1)C(=O)O. The number of carboxylic acid groups (broad SMARTS) is 1. The van der Waals surface area contributed by atoms with Crippen molar-refractivity contribution in [3.63, 3.8) is 0 Å². The molecule has 3 amide bonds. The number of nitrogens with two attached hydrogens (primary N) is 1. The first-order chi connectivity index (χ1) is 9.49. The topological polar surface area (TPSA) is 122 Å². The van der Waals surface area contributed by atoms with E-state index in [1.807, 2.05) is 0 Å². The average molecular weight is 285 g/mol. The Morgan fingerprint density at radius 2 is 1.90 bits per heavy atom. The van der Waals surface area contributed by atoms with Gasteiger partial charge in [0.25, 0.3) is 0 Å². The fraction of sp³-hybridized carbons (Fsp3) is 0.769. The maximum atomic E-state index is 11.6. The normalized spacial score (nSPS) is 16.6. The number of carbonyl (C=O) groups is 3. The fourth-order valence-corrected chi connectivity index (χ4v) is 2.44. The molecule has 7 nitrogen and oxygen atoms in total. The van der Waals surface area contributed by atoms with Gasteiger partial charge in [-0.15, -0.1) is 0 Å². The van der Waals surface area contributed by atoms with E-state index in [0.717, 1.165) is 6.42 Å². The highest BCUT2D eigenvalue weighted by molar-refractivity contribution is 5.83. The Bertz CT molecular complexity index is 354. The van der Waals surface area contributed by atoms with Gasteiger partial charge in [0.05, 0.1) is 0 Å². The number of hydrogen-bond acceptors (Lipinski definition) is 3. The van der Waals surface area contributed by atoms with Crippen molar-refractivity contribution in [3.05, 3.63) is 0 Å². The lowest BCUT2D eigenvalue weighted by molar-refractivity contribution is -0.139. The zero-order valence-electron chi connectivity index (χ0n) is 11.6. The van der Waals surface area contributed by atoms with Gasteiger partial charge in [-0.05, 0) is 18.8 Å². The summed E-state index contributed by atoms with van der Waals surface area (Å²) in [6.45, 7) is 0.540. The number of carboxylic acids is 1. The molecule has 1 fully saturated rings. The minimum absolute atomic E-state index is 0.000706. The average Bonchev–Trinajstić information content (AvgIpc) is 2.87. The summed E-state index contributed by atoms with van der Waals surface area (Å²) in [5, 5.41) is 13.9. The number of aliphatic carboxylic acids is 1. The molecule has 0 unspecified atom stereocenters. The Kier molecular flexibility index (Phi) is 6.83. The van der Waals surface area contributed by atoms with Crippen LogP contribution in [0.4, 0.5) is 4.79 Å². The molecular weight excluding hydrogens is 262 g/mol. The van der Waals surface area contributed by atoms with Crippen molar-refractivity contribution in [1.82, 2.24) is 10.6 Å². The molecule has 0 radical (unpaired) electrons. The summed E-state index contributed by atoms with van der Waals surface area (Å²) < 4.78 is 0. The number of amides is 3. The van der Waals surface area contributed by atoms with E-state index in [9.17, 15) is 14.4 Å². The number of primary amides is 1. The predicted molar refractivity (Wildman–Crippen MR) is 73.0 cm³/mol. The fourth-order valence-electron chi connectivity index (χ4n) is 2.44. The van der Waals surface area contributed by atoms with Crippen molar-refractivity contribution in [3.8, 4) is 0 Å². The van der Waals surface area contributed by atoms with E-state index in [1.54, 1.807) is 0 Å². The van der Waals surface area contributed by atoms with Crippen molar-refractivity contribution >= 4 is 17.9 Å².